The molecule has 1 saturated heterocycles. The van der Waals surface area contributed by atoms with Gasteiger partial charge in [0, 0.05) is 4.47 Å². The standard InChI is InChI=1S/C12H13BrFNO3/c1-12(17)6-15(7-12)11(16)5-18-10-3-2-8(13)4-9(10)14/h2-4,17H,5-7H2,1H3. The molecule has 2 rings (SSSR count). The first-order chi connectivity index (χ1) is 8.37. The van der Waals surface area contributed by atoms with Crippen LogP contribution in [0, 0.1) is 5.82 Å². The molecule has 0 aromatic heterocycles. The SMILES string of the molecule is CC1(O)CN(C(=O)COc2ccc(Br)cc2F)C1. The van der Waals surface area contributed by atoms with Gasteiger partial charge in [-0.15, -0.1) is 0 Å². The van der Waals surface area contributed by atoms with Crippen LogP contribution in [0.4, 0.5) is 4.39 Å². The minimum Gasteiger partial charge on any atom is -0.481 e. The molecule has 6 heteroatoms. The van der Waals surface area contributed by atoms with E-state index in [2.05, 4.69) is 15.9 Å². The van der Waals surface area contributed by atoms with Crippen molar-refractivity contribution in [3.05, 3.63) is 28.5 Å². The number of carbonyl (C=O) groups excluding carboxylic acids is 1. The number of aliphatic hydroxyl groups is 1. The predicted molar refractivity (Wildman–Crippen MR) is 66.8 cm³/mol. The number of β-amino-alcohol motifs (C(OH)–C–C–N with tert-alkyl or cyclic N) is 1. The van der Waals surface area contributed by atoms with Crippen LogP contribution < -0.4 is 4.74 Å². The van der Waals surface area contributed by atoms with Crippen LogP contribution in [0.3, 0.4) is 0 Å². The molecule has 1 N–H and O–H groups in total. The van der Waals surface area contributed by atoms with Gasteiger partial charge in [-0.05, 0) is 25.1 Å². The largest absolute Gasteiger partial charge is 0.481 e. The number of hydrogen-bond donors (Lipinski definition) is 1. The number of halogens is 2. The van der Waals surface area contributed by atoms with Gasteiger partial charge in [-0.1, -0.05) is 15.9 Å². The normalized spacial score (nSPS) is 17.2. The van der Waals surface area contributed by atoms with Gasteiger partial charge in [-0.2, -0.15) is 0 Å². The molecule has 0 bridgehead atoms. The van der Waals surface area contributed by atoms with Gasteiger partial charge in [0.05, 0.1) is 18.7 Å². The van der Waals surface area contributed by atoms with Crippen molar-refractivity contribution in [3.8, 4) is 5.75 Å². The number of amides is 1. The second kappa shape index (κ2) is 4.85. The number of ether oxygens (including phenoxy) is 1. The topological polar surface area (TPSA) is 49.8 Å². The molecule has 1 fully saturated rings. The zero-order chi connectivity index (χ0) is 13.3. The lowest BCUT2D eigenvalue weighted by molar-refractivity contribution is -0.154. The van der Waals surface area contributed by atoms with Crippen molar-refractivity contribution in [2.75, 3.05) is 19.7 Å². The summed E-state index contributed by atoms with van der Waals surface area (Å²) in [4.78, 5) is 13.1. The number of likely N-dealkylation sites (tertiary alicyclic amines) is 1. The van der Waals surface area contributed by atoms with E-state index in [1.165, 1.54) is 17.0 Å². The highest BCUT2D eigenvalue weighted by molar-refractivity contribution is 9.10. The van der Waals surface area contributed by atoms with Crippen molar-refractivity contribution in [2.45, 2.75) is 12.5 Å². The Hall–Kier alpha value is -1.14. The molecule has 0 atom stereocenters. The number of carbonyl (C=O) groups is 1. The van der Waals surface area contributed by atoms with E-state index >= 15 is 0 Å². The van der Waals surface area contributed by atoms with Gasteiger partial charge in [0.15, 0.2) is 18.2 Å². The average Bonchev–Trinajstić information content (AvgIpc) is 2.24. The van der Waals surface area contributed by atoms with Crippen molar-refractivity contribution in [2.24, 2.45) is 0 Å². The molecule has 0 aliphatic carbocycles. The molecular formula is C12H13BrFNO3. The summed E-state index contributed by atoms with van der Waals surface area (Å²) in [6, 6.07) is 4.37. The van der Waals surface area contributed by atoms with E-state index in [4.69, 9.17) is 4.74 Å². The molecule has 1 aliphatic heterocycles. The van der Waals surface area contributed by atoms with E-state index in [1.807, 2.05) is 0 Å². The lowest BCUT2D eigenvalue weighted by atomic mass is 9.97. The van der Waals surface area contributed by atoms with E-state index in [1.54, 1.807) is 13.0 Å². The summed E-state index contributed by atoms with van der Waals surface area (Å²) in [5.41, 5.74) is -0.807. The lowest BCUT2D eigenvalue weighted by Gasteiger charge is -2.43. The zero-order valence-electron chi connectivity index (χ0n) is 9.82. The van der Waals surface area contributed by atoms with Gasteiger partial charge in [-0.3, -0.25) is 4.79 Å². The Bertz CT molecular complexity index is 470. The first-order valence-electron chi connectivity index (χ1n) is 5.45. The fourth-order valence-corrected chi connectivity index (χ4v) is 2.11. The second-order valence-electron chi connectivity index (χ2n) is 4.61. The summed E-state index contributed by atoms with van der Waals surface area (Å²) < 4.78 is 19.1. The maximum atomic E-state index is 13.4. The average molecular weight is 318 g/mol. The lowest BCUT2D eigenvalue weighted by Crippen LogP contribution is -2.62. The van der Waals surface area contributed by atoms with Crippen molar-refractivity contribution in [1.82, 2.24) is 4.90 Å². The summed E-state index contributed by atoms with van der Waals surface area (Å²) in [5, 5.41) is 9.49. The van der Waals surface area contributed by atoms with Crippen LogP contribution in [0.1, 0.15) is 6.92 Å². The molecule has 1 heterocycles. The van der Waals surface area contributed by atoms with E-state index < -0.39 is 11.4 Å². The van der Waals surface area contributed by atoms with Crippen LogP contribution in [0.15, 0.2) is 22.7 Å². The number of nitrogens with zero attached hydrogens (tertiary/aromatic N) is 1. The van der Waals surface area contributed by atoms with Crippen LogP contribution in [0.5, 0.6) is 5.75 Å². The Labute approximate surface area is 112 Å². The first-order valence-corrected chi connectivity index (χ1v) is 6.25. The van der Waals surface area contributed by atoms with E-state index in [9.17, 15) is 14.3 Å². The fourth-order valence-electron chi connectivity index (χ4n) is 1.78. The number of hydrogen-bond acceptors (Lipinski definition) is 3. The Morgan fingerprint density at radius 1 is 1.61 bits per heavy atom. The number of benzene rings is 1. The molecule has 18 heavy (non-hydrogen) atoms. The first kappa shape index (κ1) is 13.3. The maximum absolute atomic E-state index is 13.4. The monoisotopic (exact) mass is 317 g/mol. The predicted octanol–water partition coefficient (Wildman–Crippen LogP) is 1.56. The molecule has 0 unspecified atom stereocenters. The fraction of sp³-hybridized carbons (Fsp3) is 0.417. The molecule has 1 aromatic carbocycles. The van der Waals surface area contributed by atoms with Crippen molar-refractivity contribution in [3.63, 3.8) is 0 Å². The van der Waals surface area contributed by atoms with Crippen LogP contribution in [-0.2, 0) is 4.79 Å². The van der Waals surface area contributed by atoms with Gasteiger partial charge in [0.2, 0.25) is 0 Å². The molecule has 1 amide bonds. The molecular weight excluding hydrogens is 305 g/mol. The van der Waals surface area contributed by atoms with E-state index in [0.717, 1.165) is 0 Å². The minimum absolute atomic E-state index is 0.0406. The smallest absolute Gasteiger partial charge is 0.260 e. The summed E-state index contributed by atoms with van der Waals surface area (Å²) >= 11 is 3.13. The van der Waals surface area contributed by atoms with E-state index in [0.29, 0.717) is 4.47 Å². The van der Waals surface area contributed by atoms with Gasteiger partial charge < -0.3 is 14.7 Å². The molecule has 1 aromatic rings. The summed E-state index contributed by atoms with van der Waals surface area (Å²) in [6.07, 6.45) is 0. The highest BCUT2D eigenvalue weighted by atomic mass is 79.9. The molecule has 0 saturated carbocycles. The third kappa shape index (κ3) is 3.00. The highest BCUT2D eigenvalue weighted by Crippen LogP contribution is 2.23. The van der Waals surface area contributed by atoms with Crippen LogP contribution >= 0.6 is 15.9 Å². The van der Waals surface area contributed by atoms with E-state index in [-0.39, 0.29) is 31.4 Å². The van der Waals surface area contributed by atoms with Gasteiger partial charge >= 0.3 is 0 Å². The van der Waals surface area contributed by atoms with Crippen molar-refractivity contribution >= 4 is 21.8 Å². The van der Waals surface area contributed by atoms with Crippen LogP contribution in [0.2, 0.25) is 0 Å². The Morgan fingerprint density at radius 3 is 2.83 bits per heavy atom. The van der Waals surface area contributed by atoms with Crippen LogP contribution in [-0.4, -0.2) is 41.2 Å². The maximum Gasteiger partial charge on any atom is 0.260 e. The molecule has 98 valence electrons. The highest BCUT2D eigenvalue weighted by Gasteiger charge is 2.39. The van der Waals surface area contributed by atoms with Crippen molar-refractivity contribution < 1.29 is 19.0 Å². The number of rotatable bonds is 3. The van der Waals surface area contributed by atoms with Crippen molar-refractivity contribution in [1.29, 1.82) is 0 Å². The molecule has 0 radical (unpaired) electrons. The van der Waals surface area contributed by atoms with Gasteiger partial charge in [-0.25, -0.2) is 4.39 Å². The van der Waals surface area contributed by atoms with Gasteiger partial charge in [0.1, 0.15) is 0 Å². The summed E-state index contributed by atoms with van der Waals surface area (Å²) in [7, 11) is 0. The Balaban J connectivity index is 1.86. The second-order valence-corrected chi connectivity index (χ2v) is 5.53. The Morgan fingerprint density at radius 2 is 2.28 bits per heavy atom. The third-order valence-electron chi connectivity index (χ3n) is 2.66. The molecule has 0 spiro atoms. The molecule has 1 aliphatic rings. The summed E-state index contributed by atoms with van der Waals surface area (Å²) in [5.74, 6) is -0.740. The quantitative estimate of drug-likeness (QED) is 0.920. The third-order valence-corrected chi connectivity index (χ3v) is 3.15. The van der Waals surface area contributed by atoms with Gasteiger partial charge in [0.25, 0.3) is 5.91 Å². The van der Waals surface area contributed by atoms with Crippen LogP contribution in [0.25, 0.3) is 0 Å². The molecule has 4 nitrogen and oxygen atoms in total. The minimum atomic E-state index is -0.807. The summed E-state index contributed by atoms with van der Waals surface area (Å²) in [6.45, 7) is 2.01. The zero-order valence-corrected chi connectivity index (χ0v) is 11.4. The Kier molecular flexibility index (Phi) is 3.59.